The molecular formula is C31H41F3N8O2. The van der Waals surface area contributed by atoms with Gasteiger partial charge in [0.1, 0.15) is 11.4 Å². The van der Waals surface area contributed by atoms with Crippen LogP contribution in [0.5, 0.6) is 5.75 Å². The second-order valence-electron chi connectivity index (χ2n) is 10.8. The molecule has 2 aromatic heterocycles. The second-order valence-corrected chi connectivity index (χ2v) is 10.8. The number of guanidine groups is 1. The summed E-state index contributed by atoms with van der Waals surface area (Å²) in [5.41, 5.74) is 19.3. The average Bonchev–Trinajstić information content (AvgIpc) is 3.36. The zero-order valence-electron chi connectivity index (χ0n) is 25.5. The molecule has 0 bridgehead atoms. The Balaban J connectivity index is 0.00000259. The molecule has 4 aromatic rings. The van der Waals surface area contributed by atoms with Crippen LogP contribution in [0.15, 0.2) is 64.5 Å². The lowest BCUT2D eigenvalue weighted by Gasteiger charge is -2.19. The molecule has 0 fully saturated rings. The van der Waals surface area contributed by atoms with Gasteiger partial charge in [0.15, 0.2) is 5.96 Å². The van der Waals surface area contributed by atoms with Gasteiger partial charge >= 0.3 is 12.1 Å². The van der Waals surface area contributed by atoms with E-state index in [1.807, 2.05) is 52.0 Å². The van der Waals surface area contributed by atoms with Gasteiger partial charge in [-0.25, -0.2) is 4.79 Å². The monoisotopic (exact) mass is 614 g/mol. The molecule has 0 radical (unpaired) electrons. The van der Waals surface area contributed by atoms with Crippen molar-refractivity contribution in [2.45, 2.75) is 65.4 Å². The first-order valence-electron chi connectivity index (χ1n) is 14.4. The van der Waals surface area contributed by atoms with Crippen molar-refractivity contribution in [1.29, 1.82) is 0 Å². The molecule has 0 atom stereocenters. The molecule has 0 aliphatic heterocycles. The van der Waals surface area contributed by atoms with Crippen LogP contribution >= 0.6 is 0 Å². The van der Waals surface area contributed by atoms with Gasteiger partial charge in [-0.05, 0) is 87.2 Å². The van der Waals surface area contributed by atoms with Crippen LogP contribution in [0.1, 0.15) is 51.7 Å². The predicted octanol–water partition coefficient (Wildman–Crippen LogP) is 4.73. The molecule has 0 saturated heterocycles. The van der Waals surface area contributed by atoms with Crippen LogP contribution in [0.3, 0.4) is 0 Å². The van der Waals surface area contributed by atoms with Crippen LogP contribution in [0, 0.1) is 0 Å². The molecule has 10 nitrogen and oxygen atoms in total. The van der Waals surface area contributed by atoms with Crippen molar-refractivity contribution >= 4 is 17.0 Å². The van der Waals surface area contributed by atoms with E-state index in [4.69, 9.17) is 17.2 Å². The molecule has 0 spiro atoms. The molecule has 238 valence electrons. The number of rotatable bonds is 12. The van der Waals surface area contributed by atoms with Crippen LogP contribution < -0.4 is 32.9 Å². The van der Waals surface area contributed by atoms with Crippen molar-refractivity contribution in [3.05, 3.63) is 76.3 Å². The van der Waals surface area contributed by atoms with E-state index in [-0.39, 0.29) is 11.7 Å². The maximum absolute atomic E-state index is 13.0. The largest absolute Gasteiger partial charge is 0.573 e. The van der Waals surface area contributed by atoms with Gasteiger partial charge in [-0.3, -0.25) is 9.56 Å². The summed E-state index contributed by atoms with van der Waals surface area (Å²) in [6, 6.07) is 13.6. The van der Waals surface area contributed by atoms with Crippen LogP contribution in [0.2, 0.25) is 0 Å². The zero-order chi connectivity index (χ0) is 32.5. The lowest BCUT2D eigenvalue weighted by atomic mass is 9.95. The first-order valence-corrected chi connectivity index (χ1v) is 14.4. The molecule has 0 aliphatic rings. The fraction of sp³-hybridized carbons (Fsp3) is 0.387. The van der Waals surface area contributed by atoms with Crippen molar-refractivity contribution in [1.82, 2.24) is 19.9 Å². The van der Waals surface area contributed by atoms with Crippen molar-refractivity contribution in [2.75, 3.05) is 13.1 Å². The third-order valence-corrected chi connectivity index (χ3v) is 6.43. The molecule has 0 aliphatic carbocycles. The minimum absolute atomic E-state index is 0.0748. The van der Waals surface area contributed by atoms with Crippen molar-refractivity contribution in [2.24, 2.45) is 22.2 Å². The number of nitrogens with zero attached hydrogens (tertiary/aromatic N) is 3. The zero-order valence-corrected chi connectivity index (χ0v) is 25.5. The second kappa shape index (κ2) is 14.9. The van der Waals surface area contributed by atoms with Gasteiger partial charge in [-0.1, -0.05) is 26.0 Å². The highest BCUT2D eigenvalue weighted by atomic mass is 19.4. The summed E-state index contributed by atoms with van der Waals surface area (Å²) in [5.74, 6) is -0.259. The Morgan fingerprint density at radius 2 is 1.77 bits per heavy atom. The number of aromatic nitrogens is 3. The van der Waals surface area contributed by atoms with Crippen molar-refractivity contribution < 1.29 is 17.9 Å². The third-order valence-electron chi connectivity index (χ3n) is 6.43. The summed E-state index contributed by atoms with van der Waals surface area (Å²) in [4.78, 5) is 24.0. The van der Waals surface area contributed by atoms with Crippen LogP contribution in [-0.4, -0.2) is 45.5 Å². The number of aryl methyl sites for hydroxylation is 1. The standard InChI is InChI=1S/C29H35F3N8O2.C2H6/c1-28(2,35)9-8-19-12-20(14-23(13-19)42-29(30,31)32)24-15-21-17-40(27(41)39-25(21)38-24)22-6-4-18(5-7-22)16-36-10-3-11-37-26(33)34;1-2/h4-7,12-15,17,36H,3,8-11,16,35H2,1-2H3,(H4,33,34,37)(H,38,39,41);1-2H3. The molecule has 0 saturated carbocycles. The number of nitrogens with two attached hydrogens (primary N) is 3. The van der Waals surface area contributed by atoms with Gasteiger partial charge in [0.25, 0.3) is 0 Å². The summed E-state index contributed by atoms with van der Waals surface area (Å²) in [6.07, 6.45) is -1.38. The summed E-state index contributed by atoms with van der Waals surface area (Å²) < 4.78 is 44.8. The van der Waals surface area contributed by atoms with Gasteiger partial charge in [0.05, 0.1) is 5.69 Å². The smallest absolute Gasteiger partial charge is 0.406 e. The number of halogens is 3. The Morgan fingerprint density at radius 1 is 1.07 bits per heavy atom. The van der Waals surface area contributed by atoms with Crippen molar-refractivity contribution in [3.63, 3.8) is 0 Å². The van der Waals surface area contributed by atoms with Gasteiger partial charge in [-0.2, -0.15) is 4.98 Å². The summed E-state index contributed by atoms with van der Waals surface area (Å²) in [5, 5.41) is 3.92. The number of H-pyrrole nitrogens is 1. The Morgan fingerprint density at radius 3 is 2.41 bits per heavy atom. The fourth-order valence-electron chi connectivity index (χ4n) is 4.37. The number of fused-ring (bicyclic) bond motifs is 1. The lowest BCUT2D eigenvalue weighted by molar-refractivity contribution is -0.274. The fourth-order valence-corrected chi connectivity index (χ4v) is 4.37. The molecule has 2 aromatic carbocycles. The number of aromatic amines is 1. The topological polar surface area (TPSA) is 162 Å². The van der Waals surface area contributed by atoms with Gasteiger partial charge in [-0.15, -0.1) is 13.2 Å². The third kappa shape index (κ3) is 10.4. The molecule has 0 unspecified atom stereocenters. The number of aliphatic imine (C=N–C) groups is 1. The number of hydrogen-bond acceptors (Lipinski definition) is 6. The highest BCUT2D eigenvalue weighted by Crippen LogP contribution is 2.31. The Labute approximate surface area is 254 Å². The minimum atomic E-state index is -4.84. The molecule has 44 heavy (non-hydrogen) atoms. The van der Waals surface area contributed by atoms with Crippen LogP contribution in [0.4, 0.5) is 13.2 Å². The Hall–Kier alpha value is -4.36. The van der Waals surface area contributed by atoms with E-state index >= 15 is 0 Å². The van der Waals surface area contributed by atoms with Gasteiger partial charge in [0.2, 0.25) is 0 Å². The van der Waals surface area contributed by atoms with E-state index in [1.54, 1.807) is 18.3 Å². The first kappa shape index (κ1) is 34.1. The lowest BCUT2D eigenvalue weighted by Crippen LogP contribution is -2.32. The minimum Gasteiger partial charge on any atom is -0.406 e. The molecular weight excluding hydrogens is 573 g/mol. The highest BCUT2D eigenvalue weighted by Gasteiger charge is 2.31. The van der Waals surface area contributed by atoms with E-state index < -0.39 is 17.6 Å². The average molecular weight is 615 g/mol. The summed E-state index contributed by atoms with van der Waals surface area (Å²) in [7, 11) is 0. The van der Waals surface area contributed by atoms with E-state index in [9.17, 15) is 18.0 Å². The summed E-state index contributed by atoms with van der Waals surface area (Å²) in [6.45, 7) is 9.64. The number of alkyl halides is 3. The van der Waals surface area contributed by atoms with Crippen molar-refractivity contribution in [3.8, 4) is 22.7 Å². The Bertz CT molecular complexity index is 1600. The number of nitrogens with one attached hydrogen (secondary N) is 2. The highest BCUT2D eigenvalue weighted by molar-refractivity contribution is 5.83. The number of ether oxygens (including phenoxy) is 1. The maximum Gasteiger partial charge on any atom is 0.573 e. The van der Waals surface area contributed by atoms with E-state index in [1.165, 1.54) is 16.7 Å². The first-order chi connectivity index (χ1) is 20.8. The van der Waals surface area contributed by atoms with E-state index in [2.05, 4.69) is 25.0 Å². The van der Waals surface area contributed by atoms with Gasteiger partial charge in [0, 0.05) is 41.5 Å². The molecule has 4 rings (SSSR count). The molecule has 13 heteroatoms. The normalized spacial score (nSPS) is 11.6. The number of hydrogen-bond donors (Lipinski definition) is 5. The van der Waals surface area contributed by atoms with Gasteiger partial charge < -0.3 is 32.2 Å². The summed E-state index contributed by atoms with van der Waals surface area (Å²) >= 11 is 0. The SMILES string of the molecule is CC.CC(C)(N)CCc1cc(OC(F)(F)F)cc(-c2cc3cn(-c4ccc(CNCCCN=C(N)N)cc4)c(=O)nc3[nH]2)c1. The Kier molecular flexibility index (Phi) is 11.5. The molecule has 2 heterocycles. The van der Waals surface area contributed by atoms with E-state index in [0.717, 1.165) is 18.5 Å². The predicted molar refractivity (Wildman–Crippen MR) is 169 cm³/mol. The van der Waals surface area contributed by atoms with Crippen LogP contribution in [0.25, 0.3) is 28.0 Å². The number of benzene rings is 2. The molecule has 0 amide bonds. The van der Waals surface area contributed by atoms with E-state index in [0.29, 0.717) is 59.5 Å². The quantitative estimate of drug-likeness (QED) is 0.0875. The van der Waals surface area contributed by atoms with Crippen LogP contribution in [-0.2, 0) is 13.0 Å². The maximum atomic E-state index is 13.0. The molecule has 8 N–H and O–H groups in total.